The second kappa shape index (κ2) is 12.4. The number of nitrogens with one attached hydrogen (secondary N) is 1. The van der Waals surface area contributed by atoms with E-state index in [-0.39, 0.29) is 11.8 Å². The molecular weight excluding hydrogens is 420 g/mol. The van der Waals surface area contributed by atoms with Crippen LogP contribution in [0.4, 0.5) is 0 Å². The molecule has 1 aliphatic rings. The Morgan fingerprint density at radius 2 is 1.78 bits per heavy atom. The number of hydrogen-bond donors (Lipinski definition) is 3. The Bertz CT molecular complexity index is 877. The average Bonchev–Trinajstić information content (AvgIpc) is 3.32. The molecular formula is C22H28N2O8. The number of furan rings is 1. The fraction of sp³-hybridized carbons (Fsp3) is 0.409. The van der Waals surface area contributed by atoms with E-state index in [4.69, 9.17) is 33.7 Å². The molecule has 1 fully saturated rings. The summed E-state index contributed by atoms with van der Waals surface area (Å²) in [6, 6.07) is 9.59. The minimum absolute atomic E-state index is 0.0685. The highest BCUT2D eigenvalue weighted by molar-refractivity contribution is 6.27. The van der Waals surface area contributed by atoms with Crippen LogP contribution in [0.2, 0.25) is 0 Å². The fourth-order valence-electron chi connectivity index (χ4n) is 3.31. The lowest BCUT2D eigenvalue weighted by molar-refractivity contribution is -0.159. The van der Waals surface area contributed by atoms with Crippen molar-refractivity contribution in [1.82, 2.24) is 10.2 Å². The molecule has 1 aromatic carbocycles. The van der Waals surface area contributed by atoms with Gasteiger partial charge in [0.05, 0.1) is 27.0 Å². The number of hydrogen-bond acceptors (Lipinski definition) is 7. The molecule has 0 atom stereocenters. The summed E-state index contributed by atoms with van der Waals surface area (Å²) < 4.78 is 16.0. The van der Waals surface area contributed by atoms with Gasteiger partial charge in [0.1, 0.15) is 17.3 Å². The zero-order valence-corrected chi connectivity index (χ0v) is 18.1. The van der Waals surface area contributed by atoms with Crippen molar-refractivity contribution in [2.24, 2.45) is 5.92 Å². The number of carbonyl (C=O) groups excluding carboxylic acids is 1. The molecule has 0 unspecified atom stereocenters. The molecule has 0 saturated carbocycles. The van der Waals surface area contributed by atoms with Gasteiger partial charge in [0.2, 0.25) is 5.91 Å². The molecule has 2 heterocycles. The molecule has 10 nitrogen and oxygen atoms in total. The smallest absolute Gasteiger partial charge is 0.414 e. The van der Waals surface area contributed by atoms with Crippen LogP contribution < -0.4 is 14.8 Å². The van der Waals surface area contributed by atoms with Gasteiger partial charge in [-0.1, -0.05) is 6.07 Å². The molecule has 2 aromatic rings. The second-order valence-corrected chi connectivity index (χ2v) is 7.14. The van der Waals surface area contributed by atoms with Crippen molar-refractivity contribution in [2.45, 2.75) is 25.9 Å². The lowest BCUT2D eigenvalue weighted by Crippen LogP contribution is -2.40. The Balaban J connectivity index is 0.000000534. The van der Waals surface area contributed by atoms with E-state index in [0.717, 1.165) is 55.3 Å². The van der Waals surface area contributed by atoms with Gasteiger partial charge < -0.3 is 29.4 Å². The molecule has 1 amide bonds. The molecule has 3 rings (SSSR count). The van der Waals surface area contributed by atoms with Gasteiger partial charge in [-0.15, -0.1) is 0 Å². The second-order valence-electron chi connectivity index (χ2n) is 7.14. The minimum atomic E-state index is -1.82. The molecule has 1 saturated heterocycles. The number of piperidine rings is 1. The standard InChI is InChI=1S/C20H26N2O4.C2H2O4/c1-24-17-6-5-16(19(12-17)25-2)14-22-9-7-15(8-10-22)20(23)21-13-18-4-3-11-26-18;3-1(4)2(5)6/h3-6,11-12,15H,7-10,13-14H2,1-2H3,(H,21,23);(H,3,4)(H,5,6). The van der Waals surface area contributed by atoms with Crippen molar-refractivity contribution in [3.8, 4) is 11.5 Å². The fourth-order valence-corrected chi connectivity index (χ4v) is 3.31. The van der Waals surface area contributed by atoms with Crippen molar-refractivity contribution < 1.29 is 38.5 Å². The first kappa shape index (κ1) is 24.7. The Morgan fingerprint density at radius 1 is 1.09 bits per heavy atom. The monoisotopic (exact) mass is 448 g/mol. The number of ether oxygens (including phenoxy) is 2. The average molecular weight is 448 g/mol. The van der Waals surface area contributed by atoms with E-state index in [1.54, 1.807) is 20.5 Å². The highest BCUT2D eigenvalue weighted by Gasteiger charge is 2.25. The van der Waals surface area contributed by atoms with Crippen LogP contribution in [0.1, 0.15) is 24.2 Å². The van der Waals surface area contributed by atoms with Crippen molar-refractivity contribution in [3.05, 3.63) is 47.9 Å². The number of carboxylic acid groups (broad SMARTS) is 2. The number of benzene rings is 1. The number of aliphatic carboxylic acids is 2. The SMILES string of the molecule is COc1ccc(CN2CCC(C(=O)NCc3ccco3)CC2)c(OC)c1.O=C(O)C(=O)O. The van der Waals surface area contributed by atoms with Crippen molar-refractivity contribution in [2.75, 3.05) is 27.3 Å². The topological polar surface area (TPSA) is 139 Å². The molecule has 0 bridgehead atoms. The zero-order valence-electron chi connectivity index (χ0n) is 18.1. The first-order valence-electron chi connectivity index (χ1n) is 10.0. The number of carbonyl (C=O) groups is 3. The van der Waals surface area contributed by atoms with E-state index in [0.29, 0.717) is 6.54 Å². The van der Waals surface area contributed by atoms with Crippen molar-refractivity contribution in [3.63, 3.8) is 0 Å². The maximum atomic E-state index is 12.3. The Labute approximate surface area is 185 Å². The van der Waals surface area contributed by atoms with Crippen LogP contribution in [0, 0.1) is 5.92 Å². The number of nitrogens with zero attached hydrogens (tertiary/aromatic N) is 1. The van der Waals surface area contributed by atoms with Crippen molar-refractivity contribution in [1.29, 1.82) is 0 Å². The number of rotatable bonds is 7. The molecule has 0 radical (unpaired) electrons. The summed E-state index contributed by atoms with van der Waals surface area (Å²) in [5, 5.41) is 17.7. The molecule has 0 spiro atoms. The van der Waals surface area contributed by atoms with Gasteiger partial charge in [0.15, 0.2) is 0 Å². The first-order valence-corrected chi connectivity index (χ1v) is 10.0. The predicted molar refractivity (Wildman–Crippen MR) is 113 cm³/mol. The number of amides is 1. The minimum Gasteiger partial charge on any atom is -0.497 e. The first-order chi connectivity index (χ1) is 15.3. The normalized spacial score (nSPS) is 14.1. The van der Waals surface area contributed by atoms with Gasteiger partial charge in [-0.3, -0.25) is 9.69 Å². The summed E-state index contributed by atoms with van der Waals surface area (Å²) in [7, 11) is 3.32. The van der Waals surface area contributed by atoms with Crippen LogP contribution in [-0.4, -0.2) is 60.3 Å². The molecule has 32 heavy (non-hydrogen) atoms. The highest BCUT2D eigenvalue weighted by Crippen LogP contribution is 2.27. The Hall–Kier alpha value is -3.53. The van der Waals surface area contributed by atoms with Gasteiger partial charge in [-0.05, 0) is 44.1 Å². The largest absolute Gasteiger partial charge is 0.497 e. The summed E-state index contributed by atoms with van der Waals surface area (Å²) >= 11 is 0. The Kier molecular flexibility index (Phi) is 9.55. The predicted octanol–water partition coefficient (Wildman–Crippen LogP) is 1.98. The molecule has 1 aliphatic heterocycles. The summed E-state index contributed by atoms with van der Waals surface area (Å²) in [6.45, 7) is 3.06. The van der Waals surface area contributed by atoms with Crippen LogP contribution >= 0.6 is 0 Å². The summed E-state index contributed by atoms with van der Waals surface area (Å²) in [6.07, 6.45) is 3.35. The lowest BCUT2D eigenvalue weighted by Gasteiger charge is -2.31. The van der Waals surface area contributed by atoms with E-state index in [1.807, 2.05) is 30.3 Å². The molecule has 1 aromatic heterocycles. The highest BCUT2D eigenvalue weighted by atomic mass is 16.5. The van der Waals surface area contributed by atoms with E-state index in [2.05, 4.69) is 10.2 Å². The maximum Gasteiger partial charge on any atom is 0.414 e. The van der Waals surface area contributed by atoms with Crippen LogP contribution in [0.15, 0.2) is 41.0 Å². The molecule has 10 heteroatoms. The number of likely N-dealkylation sites (tertiary alicyclic amines) is 1. The van der Waals surface area contributed by atoms with Gasteiger partial charge in [-0.25, -0.2) is 9.59 Å². The third kappa shape index (κ3) is 7.62. The lowest BCUT2D eigenvalue weighted by atomic mass is 9.95. The molecule has 0 aliphatic carbocycles. The molecule has 3 N–H and O–H groups in total. The van der Waals surface area contributed by atoms with Gasteiger partial charge in [0.25, 0.3) is 0 Å². The quantitative estimate of drug-likeness (QED) is 0.543. The third-order valence-electron chi connectivity index (χ3n) is 5.05. The van der Waals surface area contributed by atoms with Gasteiger partial charge >= 0.3 is 11.9 Å². The summed E-state index contributed by atoms with van der Waals surface area (Å²) in [4.78, 5) is 32.9. The Morgan fingerprint density at radius 3 is 2.31 bits per heavy atom. The van der Waals surface area contributed by atoms with Crippen LogP contribution in [-0.2, 0) is 27.5 Å². The van der Waals surface area contributed by atoms with Gasteiger partial charge in [0, 0.05) is 24.1 Å². The number of carboxylic acids is 2. The maximum absolute atomic E-state index is 12.3. The molecule has 174 valence electrons. The van der Waals surface area contributed by atoms with Gasteiger partial charge in [-0.2, -0.15) is 0 Å². The van der Waals surface area contributed by atoms with Crippen LogP contribution in [0.3, 0.4) is 0 Å². The summed E-state index contributed by atoms with van der Waals surface area (Å²) in [5.74, 6) is -1.06. The summed E-state index contributed by atoms with van der Waals surface area (Å²) in [5.41, 5.74) is 1.13. The number of methoxy groups -OCH3 is 2. The van der Waals surface area contributed by atoms with E-state index in [1.165, 1.54) is 0 Å². The van der Waals surface area contributed by atoms with E-state index >= 15 is 0 Å². The van der Waals surface area contributed by atoms with E-state index < -0.39 is 11.9 Å². The van der Waals surface area contributed by atoms with E-state index in [9.17, 15) is 4.79 Å². The zero-order chi connectivity index (χ0) is 23.5. The van der Waals surface area contributed by atoms with Crippen molar-refractivity contribution >= 4 is 17.8 Å². The third-order valence-corrected chi connectivity index (χ3v) is 5.05. The van der Waals surface area contributed by atoms with Crippen LogP contribution in [0.5, 0.6) is 11.5 Å². The van der Waals surface area contributed by atoms with Crippen LogP contribution in [0.25, 0.3) is 0 Å².